The first-order valence-electron chi connectivity index (χ1n) is 5.35. The molecule has 1 unspecified atom stereocenters. The van der Waals surface area contributed by atoms with E-state index in [1.807, 2.05) is 6.92 Å². The van der Waals surface area contributed by atoms with E-state index in [1.165, 1.54) is 32.1 Å². The summed E-state index contributed by atoms with van der Waals surface area (Å²) in [5.74, 6) is 0.285. The van der Waals surface area contributed by atoms with E-state index in [2.05, 4.69) is 11.9 Å². The Bertz CT molecular complexity index is 173. The van der Waals surface area contributed by atoms with Crippen LogP contribution in [0, 0.1) is 0 Å². The van der Waals surface area contributed by atoms with Gasteiger partial charge in [0.1, 0.15) is 5.78 Å². The lowest BCUT2D eigenvalue weighted by molar-refractivity contribution is -0.122. The molecule has 0 aromatic heterocycles. The van der Waals surface area contributed by atoms with E-state index in [9.17, 15) is 4.79 Å². The molecular formula is C11H21NO. The fourth-order valence-electron chi connectivity index (χ4n) is 2.09. The molecule has 2 nitrogen and oxygen atoms in total. The van der Waals surface area contributed by atoms with Crippen molar-refractivity contribution >= 4 is 5.78 Å². The zero-order valence-electron chi connectivity index (χ0n) is 9.05. The van der Waals surface area contributed by atoms with Gasteiger partial charge in [-0.15, -0.1) is 0 Å². The predicted octanol–water partition coefficient (Wildman–Crippen LogP) is 2.23. The summed E-state index contributed by atoms with van der Waals surface area (Å²) in [5, 5.41) is 0. The van der Waals surface area contributed by atoms with E-state index in [4.69, 9.17) is 0 Å². The number of rotatable bonds is 3. The predicted molar refractivity (Wildman–Crippen MR) is 54.8 cm³/mol. The highest BCUT2D eigenvalue weighted by Crippen LogP contribution is 2.22. The molecule has 0 bridgehead atoms. The number of hydrogen-bond donors (Lipinski definition) is 0. The molecule has 13 heavy (non-hydrogen) atoms. The third-order valence-electron chi connectivity index (χ3n) is 3.35. The number of nitrogens with zero attached hydrogens (tertiary/aromatic N) is 1. The largest absolute Gasteiger partial charge is 0.298 e. The third-order valence-corrected chi connectivity index (χ3v) is 3.35. The Hall–Kier alpha value is -0.370. The van der Waals surface area contributed by atoms with Crippen LogP contribution in [0.15, 0.2) is 0 Å². The summed E-state index contributed by atoms with van der Waals surface area (Å²) < 4.78 is 0. The number of carbonyl (C=O) groups excluding carboxylic acids is 1. The molecule has 0 heterocycles. The maximum atomic E-state index is 11.2. The summed E-state index contributed by atoms with van der Waals surface area (Å²) >= 11 is 0. The summed E-state index contributed by atoms with van der Waals surface area (Å²) in [6.07, 6.45) is 6.58. The summed E-state index contributed by atoms with van der Waals surface area (Å²) in [7, 11) is 2.09. The lowest BCUT2D eigenvalue weighted by atomic mass is 9.93. The Balaban J connectivity index is 2.44. The number of hydrogen-bond acceptors (Lipinski definition) is 2. The fourth-order valence-corrected chi connectivity index (χ4v) is 2.09. The Labute approximate surface area is 81.3 Å². The Morgan fingerprint density at radius 3 is 2.31 bits per heavy atom. The minimum atomic E-state index is 0.100. The van der Waals surface area contributed by atoms with E-state index < -0.39 is 0 Å². The van der Waals surface area contributed by atoms with Crippen molar-refractivity contribution in [3.05, 3.63) is 0 Å². The van der Waals surface area contributed by atoms with Crippen LogP contribution in [-0.4, -0.2) is 29.8 Å². The van der Waals surface area contributed by atoms with Crippen molar-refractivity contribution in [3.63, 3.8) is 0 Å². The molecule has 0 aromatic rings. The summed E-state index contributed by atoms with van der Waals surface area (Å²) in [5.41, 5.74) is 0. The smallest absolute Gasteiger partial charge is 0.146 e. The van der Waals surface area contributed by atoms with Crippen molar-refractivity contribution in [2.45, 2.75) is 58.0 Å². The van der Waals surface area contributed by atoms with E-state index in [0.29, 0.717) is 6.04 Å². The number of ketones is 1. The van der Waals surface area contributed by atoms with Gasteiger partial charge in [-0.1, -0.05) is 19.3 Å². The van der Waals surface area contributed by atoms with Crippen molar-refractivity contribution in [1.82, 2.24) is 4.90 Å². The van der Waals surface area contributed by atoms with E-state index in [0.717, 1.165) is 0 Å². The maximum Gasteiger partial charge on any atom is 0.146 e. The molecule has 1 aliphatic carbocycles. The second-order valence-electron chi connectivity index (χ2n) is 4.24. The zero-order chi connectivity index (χ0) is 9.84. The van der Waals surface area contributed by atoms with Gasteiger partial charge in [-0.25, -0.2) is 0 Å². The molecule has 0 aromatic carbocycles. The highest BCUT2D eigenvalue weighted by molar-refractivity contribution is 5.80. The van der Waals surface area contributed by atoms with Crippen molar-refractivity contribution in [1.29, 1.82) is 0 Å². The van der Waals surface area contributed by atoms with E-state index in [1.54, 1.807) is 6.92 Å². The van der Waals surface area contributed by atoms with Crippen molar-refractivity contribution in [2.24, 2.45) is 0 Å². The van der Waals surface area contributed by atoms with Crippen LogP contribution in [0.5, 0.6) is 0 Å². The molecule has 0 radical (unpaired) electrons. The van der Waals surface area contributed by atoms with Crippen LogP contribution in [0.1, 0.15) is 46.0 Å². The van der Waals surface area contributed by atoms with Gasteiger partial charge in [-0.2, -0.15) is 0 Å². The molecule has 0 amide bonds. The van der Waals surface area contributed by atoms with Gasteiger partial charge in [0.15, 0.2) is 0 Å². The topological polar surface area (TPSA) is 20.3 Å². The van der Waals surface area contributed by atoms with E-state index >= 15 is 0 Å². The molecule has 1 aliphatic rings. The van der Waals surface area contributed by atoms with Crippen molar-refractivity contribution in [3.8, 4) is 0 Å². The van der Waals surface area contributed by atoms with Gasteiger partial charge in [0.25, 0.3) is 0 Å². The first-order valence-corrected chi connectivity index (χ1v) is 5.35. The van der Waals surface area contributed by atoms with Crippen LogP contribution in [0.4, 0.5) is 0 Å². The Morgan fingerprint density at radius 2 is 1.85 bits per heavy atom. The summed E-state index contributed by atoms with van der Waals surface area (Å²) in [4.78, 5) is 13.4. The van der Waals surface area contributed by atoms with Crippen LogP contribution >= 0.6 is 0 Å². The minimum Gasteiger partial charge on any atom is -0.298 e. The first-order chi connectivity index (χ1) is 6.13. The van der Waals surface area contributed by atoms with Gasteiger partial charge in [0.05, 0.1) is 6.04 Å². The number of Topliss-reactive ketones (excluding diaryl/α,β-unsaturated/α-hetero) is 1. The molecule has 1 fully saturated rings. The molecule has 1 rings (SSSR count). The van der Waals surface area contributed by atoms with E-state index in [-0.39, 0.29) is 11.8 Å². The average Bonchev–Trinajstić information content (AvgIpc) is 2.17. The Kier molecular flexibility index (Phi) is 3.91. The first kappa shape index (κ1) is 10.7. The second kappa shape index (κ2) is 4.75. The van der Waals surface area contributed by atoms with Crippen molar-refractivity contribution < 1.29 is 4.79 Å². The average molecular weight is 183 g/mol. The molecule has 76 valence electrons. The lowest BCUT2D eigenvalue weighted by Gasteiger charge is -2.34. The maximum absolute atomic E-state index is 11.2. The van der Waals surface area contributed by atoms with Crippen LogP contribution in [0.2, 0.25) is 0 Å². The van der Waals surface area contributed by atoms with Gasteiger partial charge in [-0.3, -0.25) is 9.69 Å². The molecule has 0 aliphatic heterocycles. The SMILES string of the molecule is CC(=O)C(C)N(C)C1CCCCC1. The molecule has 0 saturated heterocycles. The monoisotopic (exact) mass is 183 g/mol. The Morgan fingerprint density at radius 1 is 1.31 bits per heavy atom. The molecule has 0 spiro atoms. The molecule has 1 atom stereocenters. The molecular weight excluding hydrogens is 162 g/mol. The van der Waals surface area contributed by atoms with Crippen LogP contribution in [0.25, 0.3) is 0 Å². The summed E-state index contributed by atoms with van der Waals surface area (Å²) in [6.45, 7) is 3.70. The van der Waals surface area contributed by atoms with Gasteiger partial charge in [0.2, 0.25) is 0 Å². The van der Waals surface area contributed by atoms with Gasteiger partial charge in [-0.05, 0) is 33.7 Å². The summed E-state index contributed by atoms with van der Waals surface area (Å²) in [6, 6.07) is 0.746. The third kappa shape index (κ3) is 2.80. The lowest BCUT2D eigenvalue weighted by Crippen LogP contribution is -2.43. The minimum absolute atomic E-state index is 0.100. The fraction of sp³-hybridized carbons (Fsp3) is 0.909. The van der Waals surface area contributed by atoms with Crippen LogP contribution in [0.3, 0.4) is 0 Å². The number of carbonyl (C=O) groups is 1. The zero-order valence-corrected chi connectivity index (χ0v) is 9.05. The molecule has 1 saturated carbocycles. The van der Waals surface area contributed by atoms with Crippen molar-refractivity contribution in [2.75, 3.05) is 7.05 Å². The molecule has 2 heteroatoms. The quantitative estimate of drug-likeness (QED) is 0.668. The van der Waals surface area contributed by atoms with Gasteiger partial charge in [0, 0.05) is 6.04 Å². The van der Waals surface area contributed by atoms with Gasteiger partial charge >= 0.3 is 0 Å². The standard InChI is InChI=1S/C11H21NO/c1-9(10(2)13)12(3)11-7-5-4-6-8-11/h9,11H,4-8H2,1-3H3. The van der Waals surface area contributed by atoms with Gasteiger partial charge < -0.3 is 0 Å². The van der Waals surface area contributed by atoms with Crippen LogP contribution in [-0.2, 0) is 4.79 Å². The van der Waals surface area contributed by atoms with Crippen LogP contribution < -0.4 is 0 Å². The highest BCUT2D eigenvalue weighted by Gasteiger charge is 2.23. The number of likely N-dealkylation sites (N-methyl/N-ethyl adjacent to an activating group) is 1. The highest BCUT2D eigenvalue weighted by atomic mass is 16.1. The normalized spacial score (nSPS) is 21.8. The second-order valence-corrected chi connectivity index (χ2v) is 4.24. The molecule has 0 N–H and O–H groups in total.